The van der Waals surface area contributed by atoms with Crippen molar-refractivity contribution in [1.29, 1.82) is 0 Å². The number of amides is 2. The molecule has 0 aliphatic carbocycles. The molecule has 0 atom stereocenters. The smallest absolute Gasteiger partial charge is 0.253 e. The molecule has 0 saturated carbocycles. The Balaban J connectivity index is 1.62. The van der Waals surface area contributed by atoms with Crippen molar-refractivity contribution < 1.29 is 9.59 Å². The molecular weight excluding hydrogens is 352 g/mol. The van der Waals surface area contributed by atoms with Crippen molar-refractivity contribution >= 4 is 11.8 Å². The molecule has 1 aliphatic rings. The highest BCUT2D eigenvalue weighted by Gasteiger charge is 2.22. The Morgan fingerprint density at radius 2 is 1.71 bits per heavy atom. The van der Waals surface area contributed by atoms with Crippen LogP contribution in [0.1, 0.15) is 30.6 Å². The molecule has 28 heavy (non-hydrogen) atoms. The molecule has 0 spiro atoms. The summed E-state index contributed by atoms with van der Waals surface area (Å²) >= 11 is 0. The van der Waals surface area contributed by atoms with E-state index in [9.17, 15) is 9.59 Å². The summed E-state index contributed by atoms with van der Waals surface area (Å²) in [4.78, 5) is 31.3. The van der Waals surface area contributed by atoms with Gasteiger partial charge in [-0.05, 0) is 50.6 Å². The first kappa shape index (κ1) is 20.1. The maximum absolute atomic E-state index is 13.0. The highest BCUT2D eigenvalue weighted by atomic mass is 16.2. The Bertz CT molecular complexity index is 784. The molecule has 0 N–H and O–H groups in total. The van der Waals surface area contributed by atoms with Gasteiger partial charge in [0.15, 0.2) is 0 Å². The number of nitrogens with zero attached hydrogens (tertiary/aromatic N) is 4. The van der Waals surface area contributed by atoms with Crippen LogP contribution in [0.5, 0.6) is 0 Å². The molecule has 3 rings (SSSR count). The van der Waals surface area contributed by atoms with Gasteiger partial charge in [0.25, 0.3) is 5.91 Å². The predicted octanol–water partition coefficient (Wildman–Crippen LogP) is 2.49. The number of benzene rings is 1. The van der Waals surface area contributed by atoms with Gasteiger partial charge in [-0.1, -0.05) is 6.07 Å². The number of aromatic nitrogens is 1. The second-order valence-electron chi connectivity index (χ2n) is 7.13. The van der Waals surface area contributed by atoms with E-state index < -0.39 is 0 Å². The summed E-state index contributed by atoms with van der Waals surface area (Å²) < 4.78 is 2.00. The van der Waals surface area contributed by atoms with Crippen LogP contribution >= 0.6 is 0 Å². The molecular formula is C22H30N4O2. The van der Waals surface area contributed by atoms with Gasteiger partial charge in [-0.15, -0.1) is 0 Å². The van der Waals surface area contributed by atoms with Crippen LogP contribution in [0.25, 0.3) is 5.69 Å². The molecule has 6 nitrogen and oxygen atoms in total. The van der Waals surface area contributed by atoms with Crippen LogP contribution in [0.2, 0.25) is 0 Å². The topological polar surface area (TPSA) is 48.8 Å². The van der Waals surface area contributed by atoms with Gasteiger partial charge in [-0.3, -0.25) is 14.5 Å². The Morgan fingerprint density at radius 1 is 0.964 bits per heavy atom. The second kappa shape index (κ2) is 9.55. The van der Waals surface area contributed by atoms with Crippen molar-refractivity contribution in [2.24, 2.45) is 0 Å². The van der Waals surface area contributed by atoms with Crippen LogP contribution < -0.4 is 0 Å². The fourth-order valence-electron chi connectivity index (χ4n) is 3.69. The summed E-state index contributed by atoms with van der Waals surface area (Å²) in [5.41, 5.74) is 1.69. The number of carbonyl (C=O) groups is 2. The Labute approximate surface area is 167 Å². The SMILES string of the molecule is CCN(CC)C(=O)CN1CCCN(C(=O)c2cccc(-n3cccc3)c2)CC1. The van der Waals surface area contributed by atoms with E-state index in [-0.39, 0.29) is 11.8 Å². The molecule has 2 amide bonds. The lowest BCUT2D eigenvalue weighted by Gasteiger charge is -2.25. The van der Waals surface area contributed by atoms with E-state index >= 15 is 0 Å². The molecule has 6 heteroatoms. The van der Waals surface area contributed by atoms with Crippen LogP contribution in [0.3, 0.4) is 0 Å². The maximum Gasteiger partial charge on any atom is 0.253 e. The van der Waals surface area contributed by atoms with Crippen molar-refractivity contribution in [2.45, 2.75) is 20.3 Å². The van der Waals surface area contributed by atoms with E-state index in [1.807, 2.05) is 77.0 Å². The summed E-state index contributed by atoms with van der Waals surface area (Å²) in [6.45, 7) is 8.89. The van der Waals surface area contributed by atoms with Gasteiger partial charge in [0, 0.05) is 62.9 Å². The van der Waals surface area contributed by atoms with Crippen molar-refractivity contribution in [2.75, 3.05) is 45.8 Å². The lowest BCUT2D eigenvalue weighted by atomic mass is 10.1. The van der Waals surface area contributed by atoms with Crippen LogP contribution in [0, 0.1) is 0 Å². The first-order valence-electron chi connectivity index (χ1n) is 10.1. The first-order chi connectivity index (χ1) is 13.6. The Hall–Kier alpha value is -2.60. The Kier molecular flexibility index (Phi) is 6.87. The van der Waals surface area contributed by atoms with E-state index in [1.54, 1.807) is 0 Å². The monoisotopic (exact) mass is 382 g/mol. The minimum Gasteiger partial charge on any atom is -0.342 e. The summed E-state index contributed by atoms with van der Waals surface area (Å²) in [5, 5.41) is 0. The zero-order chi connectivity index (χ0) is 19.9. The largest absolute Gasteiger partial charge is 0.342 e. The maximum atomic E-state index is 13.0. The molecule has 2 heterocycles. The van der Waals surface area contributed by atoms with Crippen molar-refractivity contribution in [3.63, 3.8) is 0 Å². The third-order valence-corrected chi connectivity index (χ3v) is 5.35. The van der Waals surface area contributed by atoms with Gasteiger partial charge >= 0.3 is 0 Å². The van der Waals surface area contributed by atoms with Crippen LogP contribution in [-0.2, 0) is 4.79 Å². The van der Waals surface area contributed by atoms with E-state index in [0.29, 0.717) is 18.7 Å². The summed E-state index contributed by atoms with van der Waals surface area (Å²) in [6.07, 6.45) is 4.83. The minimum atomic E-state index is 0.0610. The fraction of sp³-hybridized carbons (Fsp3) is 0.455. The van der Waals surface area contributed by atoms with E-state index in [1.165, 1.54) is 0 Å². The van der Waals surface area contributed by atoms with Gasteiger partial charge in [0.2, 0.25) is 5.91 Å². The van der Waals surface area contributed by atoms with E-state index in [4.69, 9.17) is 0 Å². The molecule has 150 valence electrons. The standard InChI is InChI=1S/C22H30N4O2/c1-3-24(4-2)21(27)18-23-11-8-14-26(16-15-23)22(28)19-9-7-10-20(17-19)25-12-5-6-13-25/h5-7,9-10,12-13,17H,3-4,8,11,14-16,18H2,1-2H3. The normalized spacial score (nSPS) is 15.3. The highest BCUT2D eigenvalue weighted by Crippen LogP contribution is 2.14. The lowest BCUT2D eigenvalue weighted by Crippen LogP contribution is -2.42. The molecule has 1 aromatic carbocycles. The van der Waals surface area contributed by atoms with Gasteiger partial charge in [0.05, 0.1) is 6.54 Å². The van der Waals surface area contributed by atoms with Gasteiger partial charge in [0.1, 0.15) is 0 Å². The zero-order valence-corrected chi connectivity index (χ0v) is 16.9. The molecule has 0 unspecified atom stereocenters. The predicted molar refractivity (Wildman–Crippen MR) is 111 cm³/mol. The van der Waals surface area contributed by atoms with E-state index in [0.717, 1.165) is 44.8 Å². The summed E-state index contributed by atoms with van der Waals surface area (Å²) in [6, 6.07) is 11.7. The van der Waals surface area contributed by atoms with Crippen molar-refractivity contribution in [3.05, 3.63) is 54.4 Å². The van der Waals surface area contributed by atoms with Gasteiger partial charge in [-0.2, -0.15) is 0 Å². The second-order valence-corrected chi connectivity index (χ2v) is 7.13. The number of likely N-dealkylation sites (N-methyl/N-ethyl adjacent to an activating group) is 1. The molecule has 1 aromatic heterocycles. The van der Waals surface area contributed by atoms with Gasteiger partial charge in [-0.25, -0.2) is 0 Å². The quantitative estimate of drug-likeness (QED) is 0.771. The summed E-state index contributed by atoms with van der Waals surface area (Å²) in [5.74, 6) is 0.232. The molecule has 1 aliphatic heterocycles. The lowest BCUT2D eigenvalue weighted by molar-refractivity contribution is -0.132. The molecule has 0 radical (unpaired) electrons. The van der Waals surface area contributed by atoms with Crippen LogP contribution in [0.15, 0.2) is 48.8 Å². The van der Waals surface area contributed by atoms with Crippen molar-refractivity contribution in [1.82, 2.24) is 19.3 Å². The number of rotatable bonds is 6. The zero-order valence-electron chi connectivity index (χ0n) is 16.9. The number of hydrogen-bond donors (Lipinski definition) is 0. The van der Waals surface area contributed by atoms with Crippen molar-refractivity contribution in [3.8, 4) is 5.69 Å². The number of hydrogen-bond acceptors (Lipinski definition) is 3. The molecule has 1 saturated heterocycles. The minimum absolute atomic E-state index is 0.0610. The molecule has 0 bridgehead atoms. The first-order valence-corrected chi connectivity index (χ1v) is 10.1. The highest BCUT2D eigenvalue weighted by molar-refractivity contribution is 5.94. The fourth-order valence-corrected chi connectivity index (χ4v) is 3.69. The molecule has 1 fully saturated rings. The van der Waals surface area contributed by atoms with E-state index in [2.05, 4.69) is 4.90 Å². The van der Waals surface area contributed by atoms with Crippen LogP contribution in [-0.4, -0.2) is 76.9 Å². The average Bonchev–Trinajstić information content (AvgIpc) is 3.16. The summed E-state index contributed by atoms with van der Waals surface area (Å²) in [7, 11) is 0. The Morgan fingerprint density at radius 3 is 2.43 bits per heavy atom. The third kappa shape index (κ3) is 4.81. The third-order valence-electron chi connectivity index (χ3n) is 5.35. The number of carbonyl (C=O) groups excluding carboxylic acids is 2. The van der Waals surface area contributed by atoms with Gasteiger partial charge < -0.3 is 14.4 Å². The van der Waals surface area contributed by atoms with Crippen LogP contribution in [0.4, 0.5) is 0 Å². The molecule has 2 aromatic rings. The average molecular weight is 383 g/mol.